The fourth-order valence-corrected chi connectivity index (χ4v) is 4.55. The highest BCUT2D eigenvalue weighted by atomic mass is 16.1. The number of aromatic nitrogens is 2. The average molecular weight is 478 g/mol. The van der Waals surface area contributed by atoms with Crippen molar-refractivity contribution in [2.45, 2.75) is 32.4 Å². The largest absolute Gasteiger partial charge is 0.349 e. The van der Waals surface area contributed by atoms with Crippen LogP contribution in [0.4, 0.5) is 11.5 Å². The van der Waals surface area contributed by atoms with Gasteiger partial charge in [0.2, 0.25) is 0 Å². The Labute approximate surface area is 212 Å². The predicted molar refractivity (Wildman–Crippen MR) is 144 cm³/mol. The smallest absolute Gasteiger partial charge is 0.251 e. The van der Waals surface area contributed by atoms with Crippen LogP contribution in [0.1, 0.15) is 34.3 Å². The van der Waals surface area contributed by atoms with E-state index < -0.39 is 0 Å². The highest BCUT2D eigenvalue weighted by Crippen LogP contribution is 2.21. The van der Waals surface area contributed by atoms with Gasteiger partial charge in [0.05, 0.1) is 0 Å². The Kier molecular flexibility index (Phi) is 7.33. The summed E-state index contributed by atoms with van der Waals surface area (Å²) in [6, 6.07) is 28.3. The van der Waals surface area contributed by atoms with Crippen molar-refractivity contribution in [2.24, 2.45) is 0 Å². The first-order valence-corrected chi connectivity index (χ1v) is 12.5. The second-order valence-electron chi connectivity index (χ2n) is 9.35. The van der Waals surface area contributed by atoms with Crippen LogP contribution in [0.25, 0.3) is 11.4 Å². The minimum atomic E-state index is -0.0215. The molecule has 0 atom stereocenters. The number of nitrogens with one attached hydrogen (secondary N) is 2. The van der Waals surface area contributed by atoms with E-state index in [1.165, 1.54) is 11.1 Å². The summed E-state index contributed by atoms with van der Waals surface area (Å²) in [6.07, 6.45) is 3.68. The van der Waals surface area contributed by atoms with Gasteiger partial charge >= 0.3 is 0 Å². The topological polar surface area (TPSA) is 70.2 Å². The second-order valence-corrected chi connectivity index (χ2v) is 9.35. The van der Waals surface area contributed by atoms with E-state index in [1.54, 1.807) is 6.20 Å². The maximum atomic E-state index is 12.8. The van der Waals surface area contributed by atoms with E-state index in [2.05, 4.69) is 68.8 Å². The Bertz CT molecular complexity index is 1300. The average Bonchev–Trinajstić information content (AvgIpc) is 2.91. The molecule has 4 aromatic rings. The Morgan fingerprint density at radius 3 is 2.47 bits per heavy atom. The molecule has 1 saturated heterocycles. The van der Waals surface area contributed by atoms with E-state index in [0.717, 1.165) is 43.7 Å². The standard InChI is InChI=1S/C30H31N5O/c1-22-6-5-9-25(20-22)29-31-17-14-28(34-29)32-26-12-10-24(11-13-26)30(36)33-27-15-18-35(19-16-27)21-23-7-3-2-4-8-23/h2-14,17,20,27H,15-16,18-19,21H2,1H3,(H,33,36)(H,31,32,34). The van der Waals surface area contributed by atoms with Gasteiger partial charge in [-0.3, -0.25) is 9.69 Å². The molecule has 1 amide bonds. The second kappa shape index (κ2) is 11.1. The van der Waals surface area contributed by atoms with Gasteiger partial charge in [0.1, 0.15) is 5.82 Å². The van der Waals surface area contributed by atoms with Crippen LogP contribution in [0.3, 0.4) is 0 Å². The van der Waals surface area contributed by atoms with E-state index in [0.29, 0.717) is 17.2 Å². The van der Waals surface area contributed by atoms with Crippen LogP contribution in [-0.4, -0.2) is 39.9 Å². The van der Waals surface area contributed by atoms with Crippen LogP contribution in [0.5, 0.6) is 0 Å². The number of piperidine rings is 1. The lowest BCUT2D eigenvalue weighted by atomic mass is 10.0. The van der Waals surface area contributed by atoms with E-state index >= 15 is 0 Å². The van der Waals surface area contributed by atoms with Gasteiger partial charge < -0.3 is 10.6 Å². The summed E-state index contributed by atoms with van der Waals surface area (Å²) in [6.45, 7) is 5.01. The molecule has 0 bridgehead atoms. The molecule has 1 aromatic heterocycles. The molecule has 5 rings (SSSR count). The number of benzene rings is 3. The lowest BCUT2D eigenvalue weighted by Gasteiger charge is -2.32. The number of likely N-dealkylation sites (tertiary alicyclic amines) is 1. The molecule has 1 aliphatic heterocycles. The van der Waals surface area contributed by atoms with Crippen LogP contribution in [0, 0.1) is 6.92 Å². The highest BCUT2D eigenvalue weighted by molar-refractivity contribution is 5.94. The molecule has 0 saturated carbocycles. The molecule has 1 aliphatic rings. The van der Waals surface area contributed by atoms with Gasteiger partial charge in [-0.05, 0) is 61.7 Å². The van der Waals surface area contributed by atoms with Crippen LogP contribution in [0.15, 0.2) is 91.1 Å². The van der Waals surface area contributed by atoms with Gasteiger partial charge in [0.25, 0.3) is 5.91 Å². The van der Waals surface area contributed by atoms with Gasteiger partial charge in [0, 0.05) is 48.7 Å². The molecule has 0 aliphatic carbocycles. The SMILES string of the molecule is Cc1cccc(-c2nccc(Nc3ccc(C(=O)NC4CCN(Cc5ccccc5)CC4)cc3)n2)c1. The number of hydrogen-bond acceptors (Lipinski definition) is 5. The summed E-state index contributed by atoms with van der Waals surface area (Å²) in [5, 5.41) is 6.52. The van der Waals surface area contributed by atoms with Crippen molar-refractivity contribution in [1.29, 1.82) is 0 Å². The Morgan fingerprint density at radius 1 is 0.944 bits per heavy atom. The van der Waals surface area contributed by atoms with Gasteiger partial charge in [-0.1, -0.05) is 54.1 Å². The molecular formula is C30H31N5O. The number of hydrogen-bond donors (Lipinski definition) is 2. The Morgan fingerprint density at radius 2 is 1.72 bits per heavy atom. The summed E-state index contributed by atoms with van der Waals surface area (Å²) in [4.78, 5) is 24.3. The van der Waals surface area contributed by atoms with Crippen molar-refractivity contribution in [3.8, 4) is 11.4 Å². The van der Waals surface area contributed by atoms with Crippen molar-refractivity contribution < 1.29 is 4.79 Å². The van der Waals surface area contributed by atoms with E-state index in [9.17, 15) is 4.79 Å². The van der Waals surface area contributed by atoms with E-state index in [1.807, 2.05) is 48.5 Å². The van der Waals surface area contributed by atoms with Gasteiger partial charge in [-0.25, -0.2) is 9.97 Å². The van der Waals surface area contributed by atoms with Crippen LogP contribution in [-0.2, 0) is 6.54 Å². The molecule has 36 heavy (non-hydrogen) atoms. The summed E-state index contributed by atoms with van der Waals surface area (Å²) in [7, 11) is 0. The van der Waals surface area contributed by atoms with Crippen LogP contribution >= 0.6 is 0 Å². The zero-order valence-electron chi connectivity index (χ0n) is 20.5. The predicted octanol–water partition coefficient (Wildman–Crippen LogP) is 5.59. The van der Waals surface area contributed by atoms with Crippen molar-refractivity contribution >= 4 is 17.4 Å². The number of carbonyl (C=O) groups excluding carboxylic acids is 1. The minimum absolute atomic E-state index is 0.0215. The first-order valence-electron chi connectivity index (χ1n) is 12.5. The Hall–Kier alpha value is -4.03. The quantitative estimate of drug-likeness (QED) is 0.363. The van der Waals surface area contributed by atoms with Gasteiger partial charge in [0.15, 0.2) is 5.82 Å². The van der Waals surface area contributed by atoms with E-state index in [-0.39, 0.29) is 11.9 Å². The summed E-state index contributed by atoms with van der Waals surface area (Å²) < 4.78 is 0. The van der Waals surface area contributed by atoms with Crippen molar-refractivity contribution in [3.63, 3.8) is 0 Å². The molecule has 3 aromatic carbocycles. The van der Waals surface area contributed by atoms with Crippen LogP contribution < -0.4 is 10.6 Å². The number of amides is 1. The number of anilines is 2. The maximum Gasteiger partial charge on any atom is 0.251 e. The van der Waals surface area contributed by atoms with Crippen LogP contribution in [0.2, 0.25) is 0 Å². The zero-order valence-corrected chi connectivity index (χ0v) is 20.5. The number of rotatable bonds is 7. The minimum Gasteiger partial charge on any atom is -0.349 e. The van der Waals surface area contributed by atoms with E-state index in [4.69, 9.17) is 0 Å². The monoisotopic (exact) mass is 477 g/mol. The highest BCUT2D eigenvalue weighted by Gasteiger charge is 2.21. The number of carbonyl (C=O) groups is 1. The molecule has 182 valence electrons. The summed E-state index contributed by atoms with van der Waals surface area (Å²) >= 11 is 0. The zero-order chi connectivity index (χ0) is 24.7. The van der Waals surface area contributed by atoms with Crippen molar-refractivity contribution in [1.82, 2.24) is 20.2 Å². The van der Waals surface area contributed by atoms with Gasteiger partial charge in [-0.15, -0.1) is 0 Å². The molecule has 0 unspecified atom stereocenters. The lowest BCUT2D eigenvalue weighted by Crippen LogP contribution is -2.44. The number of nitrogens with zero attached hydrogens (tertiary/aromatic N) is 3. The summed E-state index contributed by atoms with van der Waals surface area (Å²) in [5.74, 6) is 1.36. The molecular weight excluding hydrogens is 446 g/mol. The fourth-order valence-electron chi connectivity index (χ4n) is 4.55. The third kappa shape index (κ3) is 6.15. The molecule has 0 radical (unpaired) electrons. The normalized spacial score (nSPS) is 14.4. The van der Waals surface area contributed by atoms with Gasteiger partial charge in [-0.2, -0.15) is 0 Å². The molecule has 6 heteroatoms. The molecule has 0 spiro atoms. The number of aryl methyl sites for hydroxylation is 1. The molecule has 2 heterocycles. The van der Waals surface area contributed by atoms with Crippen molar-refractivity contribution in [3.05, 3.63) is 108 Å². The third-order valence-electron chi connectivity index (χ3n) is 6.52. The molecule has 1 fully saturated rings. The lowest BCUT2D eigenvalue weighted by molar-refractivity contribution is 0.0909. The molecule has 6 nitrogen and oxygen atoms in total. The maximum absolute atomic E-state index is 12.8. The fraction of sp³-hybridized carbons (Fsp3) is 0.233. The Balaban J connectivity index is 1.14. The first kappa shape index (κ1) is 23.7. The van der Waals surface area contributed by atoms with Crippen molar-refractivity contribution in [2.75, 3.05) is 18.4 Å². The molecule has 2 N–H and O–H groups in total. The first-order chi connectivity index (χ1) is 17.6. The summed E-state index contributed by atoms with van der Waals surface area (Å²) in [5.41, 5.74) is 5.02. The third-order valence-corrected chi connectivity index (χ3v) is 6.52.